The number of rotatable bonds is 1. The minimum absolute atomic E-state index is 0.521. The van der Waals surface area contributed by atoms with E-state index in [1.54, 1.807) is 17.9 Å². The molecule has 0 atom stereocenters. The van der Waals surface area contributed by atoms with E-state index in [0.29, 0.717) is 5.84 Å². The van der Waals surface area contributed by atoms with Gasteiger partial charge in [-0.15, -0.1) is 0 Å². The van der Waals surface area contributed by atoms with Crippen molar-refractivity contribution in [2.75, 3.05) is 7.05 Å². The smallest absolute Gasteiger partial charge is 0.128 e. The molecule has 0 bridgehead atoms. The number of nitrogens with zero attached hydrogens (tertiary/aromatic N) is 3. The highest BCUT2D eigenvalue weighted by atomic mass is 15.2. The first-order valence-electron chi connectivity index (χ1n) is 2.95. The SMILES string of the molecule is CN=C(N)c1cnn(C)c1. The molecule has 10 heavy (non-hydrogen) atoms. The molecule has 54 valence electrons. The molecule has 1 heterocycles. The molecule has 0 unspecified atom stereocenters. The number of amidine groups is 1. The highest BCUT2D eigenvalue weighted by Gasteiger charge is 1.97. The molecule has 2 N–H and O–H groups in total. The average molecular weight is 138 g/mol. The molecule has 1 aromatic rings. The molecule has 0 saturated heterocycles. The average Bonchev–Trinajstić information content (AvgIpc) is 2.34. The van der Waals surface area contributed by atoms with Crippen LogP contribution in [0.4, 0.5) is 0 Å². The second-order valence-corrected chi connectivity index (χ2v) is 2.01. The van der Waals surface area contributed by atoms with Crippen LogP contribution in [0.2, 0.25) is 0 Å². The van der Waals surface area contributed by atoms with E-state index in [9.17, 15) is 0 Å². The van der Waals surface area contributed by atoms with Crippen LogP contribution in [0.25, 0.3) is 0 Å². The zero-order valence-corrected chi connectivity index (χ0v) is 6.07. The predicted molar refractivity (Wildman–Crippen MR) is 39.9 cm³/mol. The summed E-state index contributed by atoms with van der Waals surface area (Å²) in [6.45, 7) is 0. The van der Waals surface area contributed by atoms with Crippen molar-refractivity contribution < 1.29 is 0 Å². The lowest BCUT2D eigenvalue weighted by Gasteiger charge is -1.89. The summed E-state index contributed by atoms with van der Waals surface area (Å²) in [5.74, 6) is 0.521. The first-order chi connectivity index (χ1) is 4.74. The van der Waals surface area contributed by atoms with Crippen LogP contribution >= 0.6 is 0 Å². The van der Waals surface area contributed by atoms with Crippen molar-refractivity contribution in [3.8, 4) is 0 Å². The second-order valence-electron chi connectivity index (χ2n) is 2.01. The van der Waals surface area contributed by atoms with E-state index in [-0.39, 0.29) is 0 Å². The minimum atomic E-state index is 0.521. The van der Waals surface area contributed by atoms with Crippen LogP contribution in [-0.4, -0.2) is 22.7 Å². The van der Waals surface area contributed by atoms with Crippen LogP contribution in [0.15, 0.2) is 17.4 Å². The third-order valence-corrected chi connectivity index (χ3v) is 1.24. The lowest BCUT2D eigenvalue weighted by molar-refractivity contribution is 0.767. The monoisotopic (exact) mass is 138 g/mol. The van der Waals surface area contributed by atoms with Gasteiger partial charge in [-0.2, -0.15) is 5.10 Å². The van der Waals surface area contributed by atoms with Gasteiger partial charge in [0.2, 0.25) is 0 Å². The summed E-state index contributed by atoms with van der Waals surface area (Å²) >= 11 is 0. The minimum Gasteiger partial charge on any atom is -0.383 e. The summed E-state index contributed by atoms with van der Waals surface area (Å²) < 4.78 is 1.69. The molecule has 0 radical (unpaired) electrons. The maximum atomic E-state index is 5.50. The van der Waals surface area contributed by atoms with Crippen LogP contribution < -0.4 is 5.73 Å². The molecule has 0 aromatic carbocycles. The molecule has 1 aromatic heterocycles. The normalized spacial score (nSPS) is 12.0. The van der Waals surface area contributed by atoms with Crippen molar-refractivity contribution in [2.45, 2.75) is 0 Å². The van der Waals surface area contributed by atoms with Gasteiger partial charge < -0.3 is 5.73 Å². The molecular weight excluding hydrogens is 128 g/mol. The highest BCUT2D eigenvalue weighted by molar-refractivity contribution is 5.96. The fourth-order valence-corrected chi connectivity index (χ4v) is 0.683. The van der Waals surface area contributed by atoms with Gasteiger partial charge in [-0.1, -0.05) is 0 Å². The Labute approximate surface area is 59.4 Å². The van der Waals surface area contributed by atoms with Crippen LogP contribution in [0.3, 0.4) is 0 Å². The van der Waals surface area contributed by atoms with E-state index >= 15 is 0 Å². The zero-order valence-electron chi connectivity index (χ0n) is 6.07. The van der Waals surface area contributed by atoms with Crippen molar-refractivity contribution in [3.63, 3.8) is 0 Å². The molecule has 4 nitrogen and oxygen atoms in total. The quantitative estimate of drug-likeness (QED) is 0.430. The number of hydrogen-bond donors (Lipinski definition) is 1. The summed E-state index contributed by atoms with van der Waals surface area (Å²) in [6.07, 6.45) is 3.50. The topological polar surface area (TPSA) is 56.2 Å². The Kier molecular flexibility index (Phi) is 1.71. The zero-order chi connectivity index (χ0) is 7.56. The molecule has 0 saturated carbocycles. The summed E-state index contributed by atoms with van der Waals surface area (Å²) in [7, 11) is 3.49. The molecule has 0 aliphatic rings. The first kappa shape index (κ1) is 6.80. The third-order valence-electron chi connectivity index (χ3n) is 1.24. The molecular formula is C6H10N4. The van der Waals surface area contributed by atoms with Gasteiger partial charge in [0.05, 0.1) is 11.8 Å². The van der Waals surface area contributed by atoms with Crippen LogP contribution in [0.1, 0.15) is 5.56 Å². The third kappa shape index (κ3) is 1.15. The van der Waals surface area contributed by atoms with Gasteiger partial charge in [-0.25, -0.2) is 0 Å². The lowest BCUT2D eigenvalue weighted by atomic mass is 10.3. The van der Waals surface area contributed by atoms with Gasteiger partial charge in [0.25, 0.3) is 0 Å². The van der Waals surface area contributed by atoms with Gasteiger partial charge in [0.15, 0.2) is 0 Å². The van der Waals surface area contributed by atoms with Crippen molar-refractivity contribution in [1.82, 2.24) is 9.78 Å². The molecule has 0 amide bonds. The summed E-state index contributed by atoms with van der Waals surface area (Å²) in [5, 5.41) is 3.94. The second kappa shape index (κ2) is 2.51. The molecule has 1 rings (SSSR count). The van der Waals surface area contributed by atoms with E-state index in [1.807, 2.05) is 13.2 Å². The summed E-state index contributed by atoms with van der Waals surface area (Å²) in [4.78, 5) is 3.81. The van der Waals surface area contributed by atoms with Crippen LogP contribution in [0, 0.1) is 0 Å². The van der Waals surface area contributed by atoms with E-state index in [4.69, 9.17) is 5.73 Å². The highest BCUT2D eigenvalue weighted by Crippen LogP contribution is 1.93. The molecule has 0 spiro atoms. The molecule has 0 fully saturated rings. The van der Waals surface area contributed by atoms with E-state index in [0.717, 1.165) is 5.56 Å². The number of aromatic nitrogens is 2. The summed E-state index contributed by atoms with van der Waals surface area (Å²) in [5.41, 5.74) is 6.37. The van der Waals surface area contributed by atoms with Crippen molar-refractivity contribution in [2.24, 2.45) is 17.8 Å². The van der Waals surface area contributed by atoms with E-state index in [2.05, 4.69) is 10.1 Å². The largest absolute Gasteiger partial charge is 0.383 e. The Bertz CT molecular complexity index is 248. The van der Waals surface area contributed by atoms with Gasteiger partial charge in [-0.05, 0) is 0 Å². The van der Waals surface area contributed by atoms with Crippen LogP contribution in [0.5, 0.6) is 0 Å². The molecule has 0 aliphatic carbocycles. The van der Waals surface area contributed by atoms with Crippen molar-refractivity contribution in [1.29, 1.82) is 0 Å². The van der Waals surface area contributed by atoms with Gasteiger partial charge in [0.1, 0.15) is 5.84 Å². The standard InChI is InChI=1S/C6H10N4/c1-8-6(7)5-3-9-10(2)4-5/h3-4H,1-2H3,(H2,7,8). The number of aryl methyl sites for hydroxylation is 1. The predicted octanol–water partition coefficient (Wildman–Crippen LogP) is -0.245. The summed E-state index contributed by atoms with van der Waals surface area (Å²) in [6, 6.07) is 0. The van der Waals surface area contributed by atoms with Crippen molar-refractivity contribution >= 4 is 5.84 Å². The molecule has 4 heteroatoms. The maximum Gasteiger partial charge on any atom is 0.128 e. The Balaban J connectivity index is 2.95. The molecule has 0 aliphatic heterocycles. The van der Waals surface area contributed by atoms with E-state index < -0.39 is 0 Å². The number of aliphatic imine (C=N–C) groups is 1. The number of nitrogens with two attached hydrogens (primary N) is 1. The fraction of sp³-hybridized carbons (Fsp3) is 0.333. The first-order valence-corrected chi connectivity index (χ1v) is 2.95. The van der Waals surface area contributed by atoms with Crippen LogP contribution in [-0.2, 0) is 7.05 Å². The number of hydrogen-bond acceptors (Lipinski definition) is 2. The Morgan fingerprint density at radius 2 is 2.50 bits per heavy atom. The van der Waals surface area contributed by atoms with Crippen molar-refractivity contribution in [3.05, 3.63) is 18.0 Å². The Morgan fingerprint density at radius 1 is 1.80 bits per heavy atom. The fourth-order valence-electron chi connectivity index (χ4n) is 0.683. The van der Waals surface area contributed by atoms with E-state index in [1.165, 1.54) is 0 Å². The van der Waals surface area contributed by atoms with Gasteiger partial charge >= 0.3 is 0 Å². The Hall–Kier alpha value is -1.32. The maximum absolute atomic E-state index is 5.50. The van der Waals surface area contributed by atoms with Gasteiger partial charge in [0, 0.05) is 20.3 Å². The Morgan fingerprint density at radius 3 is 2.90 bits per heavy atom. The lowest BCUT2D eigenvalue weighted by Crippen LogP contribution is -2.11. The van der Waals surface area contributed by atoms with Gasteiger partial charge in [-0.3, -0.25) is 9.67 Å².